The first-order valence-electron chi connectivity index (χ1n) is 7.74. The summed E-state index contributed by atoms with van der Waals surface area (Å²) in [6, 6.07) is 0. The predicted octanol–water partition coefficient (Wildman–Crippen LogP) is 0.750. The van der Waals surface area contributed by atoms with E-state index in [1.54, 1.807) is 0 Å². The fraction of sp³-hybridized carbons (Fsp3) is 0.933. The largest absolute Gasteiger partial charge is 0.394 e. The molecule has 3 unspecified atom stereocenters. The van der Waals surface area contributed by atoms with E-state index in [1.807, 2.05) is 18.7 Å². The Labute approximate surface area is 121 Å². The molecule has 0 radical (unpaired) electrons. The maximum absolute atomic E-state index is 12.8. The van der Waals surface area contributed by atoms with E-state index < -0.39 is 5.60 Å². The third kappa shape index (κ3) is 3.51. The molecule has 2 aliphatic rings. The summed E-state index contributed by atoms with van der Waals surface area (Å²) in [5.74, 6) is 0.576. The standard InChI is InChI=1S/C15H28N2O3/c1-15(2)10-17(8-12(9-18)20-15)14(19)13-6-4-3-5-11(13)7-16/h11-13,18H,3-10,16H2,1-2H3. The number of rotatable bonds is 3. The molecule has 0 aromatic carbocycles. The van der Waals surface area contributed by atoms with Gasteiger partial charge in [-0.05, 0) is 39.2 Å². The third-order valence-electron chi connectivity index (χ3n) is 4.53. The summed E-state index contributed by atoms with van der Waals surface area (Å²) in [5, 5.41) is 9.35. The van der Waals surface area contributed by atoms with Crippen LogP contribution in [0.5, 0.6) is 0 Å². The summed E-state index contributed by atoms with van der Waals surface area (Å²) in [6.07, 6.45) is 4.03. The van der Waals surface area contributed by atoms with Crippen molar-refractivity contribution in [1.29, 1.82) is 0 Å². The van der Waals surface area contributed by atoms with Crippen molar-refractivity contribution in [2.24, 2.45) is 17.6 Å². The van der Waals surface area contributed by atoms with Crippen LogP contribution in [0.15, 0.2) is 0 Å². The lowest BCUT2D eigenvalue weighted by Gasteiger charge is -2.44. The van der Waals surface area contributed by atoms with Gasteiger partial charge in [0.05, 0.1) is 18.3 Å². The Morgan fingerprint density at radius 3 is 2.75 bits per heavy atom. The molecule has 2 rings (SSSR count). The minimum atomic E-state index is -0.395. The number of amides is 1. The van der Waals surface area contributed by atoms with Crippen LogP contribution in [0.3, 0.4) is 0 Å². The molecule has 1 aliphatic carbocycles. The highest BCUT2D eigenvalue weighted by molar-refractivity contribution is 5.79. The van der Waals surface area contributed by atoms with Crippen molar-refractivity contribution in [2.45, 2.75) is 51.2 Å². The Kier molecular flexibility index (Phi) is 5.04. The number of nitrogens with two attached hydrogens (primary N) is 1. The van der Waals surface area contributed by atoms with Crippen LogP contribution in [0.25, 0.3) is 0 Å². The minimum absolute atomic E-state index is 0.0435. The maximum Gasteiger partial charge on any atom is 0.226 e. The van der Waals surface area contributed by atoms with Gasteiger partial charge in [-0.1, -0.05) is 12.8 Å². The van der Waals surface area contributed by atoms with Gasteiger partial charge in [0.1, 0.15) is 0 Å². The lowest BCUT2D eigenvalue weighted by Crippen LogP contribution is -2.57. The monoisotopic (exact) mass is 284 g/mol. The van der Waals surface area contributed by atoms with E-state index >= 15 is 0 Å². The first-order valence-corrected chi connectivity index (χ1v) is 7.74. The number of morpholine rings is 1. The number of ether oxygens (including phenoxy) is 1. The summed E-state index contributed by atoms with van der Waals surface area (Å²) >= 11 is 0. The van der Waals surface area contributed by atoms with Crippen LogP contribution in [-0.4, -0.2) is 53.9 Å². The SMILES string of the molecule is CC1(C)CN(C(=O)C2CCCCC2CN)CC(CO)O1. The van der Waals surface area contributed by atoms with Gasteiger partial charge in [-0.3, -0.25) is 4.79 Å². The first kappa shape index (κ1) is 15.7. The topological polar surface area (TPSA) is 75.8 Å². The smallest absolute Gasteiger partial charge is 0.226 e. The summed E-state index contributed by atoms with van der Waals surface area (Å²) in [5.41, 5.74) is 5.44. The number of hydrogen-bond acceptors (Lipinski definition) is 4. The van der Waals surface area contributed by atoms with Gasteiger partial charge in [-0.15, -0.1) is 0 Å². The number of carbonyl (C=O) groups excluding carboxylic acids is 1. The van der Waals surface area contributed by atoms with Crippen LogP contribution >= 0.6 is 0 Å². The number of carbonyl (C=O) groups is 1. The summed E-state index contributed by atoms with van der Waals surface area (Å²) in [4.78, 5) is 14.7. The second kappa shape index (κ2) is 6.41. The average molecular weight is 284 g/mol. The first-order chi connectivity index (χ1) is 9.46. The summed E-state index contributed by atoms with van der Waals surface area (Å²) in [6.45, 7) is 5.57. The molecule has 1 aliphatic heterocycles. The Morgan fingerprint density at radius 2 is 2.10 bits per heavy atom. The van der Waals surface area contributed by atoms with Crippen LogP contribution in [0.4, 0.5) is 0 Å². The molecule has 5 nitrogen and oxygen atoms in total. The van der Waals surface area contributed by atoms with E-state index in [2.05, 4.69) is 0 Å². The quantitative estimate of drug-likeness (QED) is 0.802. The van der Waals surface area contributed by atoms with Gasteiger partial charge >= 0.3 is 0 Å². The zero-order valence-electron chi connectivity index (χ0n) is 12.7. The van der Waals surface area contributed by atoms with Crippen LogP contribution in [-0.2, 0) is 9.53 Å². The van der Waals surface area contributed by atoms with Crippen molar-refractivity contribution < 1.29 is 14.6 Å². The average Bonchev–Trinajstić information content (AvgIpc) is 2.44. The summed E-state index contributed by atoms with van der Waals surface area (Å²) < 4.78 is 5.78. The molecule has 5 heteroatoms. The second-order valence-corrected chi connectivity index (χ2v) is 6.79. The van der Waals surface area contributed by atoms with Crippen LogP contribution in [0.2, 0.25) is 0 Å². The molecular weight excluding hydrogens is 256 g/mol. The highest BCUT2D eigenvalue weighted by atomic mass is 16.5. The van der Waals surface area contributed by atoms with Gasteiger partial charge in [0.15, 0.2) is 0 Å². The number of aliphatic hydroxyl groups is 1. The van der Waals surface area contributed by atoms with Gasteiger partial charge in [0.2, 0.25) is 5.91 Å². The maximum atomic E-state index is 12.8. The van der Waals surface area contributed by atoms with Crippen molar-refractivity contribution in [2.75, 3.05) is 26.2 Å². The van der Waals surface area contributed by atoms with E-state index in [4.69, 9.17) is 10.5 Å². The Balaban J connectivity index is 2.06. The number of aliphatic hydroxyl groups excluding tert-OH is 1. The van der Waals surface area contributed by atoms with E-state index in [-0.39, 0.29) is 24.5 Å². The fourth-order valence-corrected chi connectivity index (χ4v) is 3.61. The van der Waals surface area contributed by atoms with Gasteiger partial charge in [0.25, 0.3) is 0 Å². The molecule has 0 spiro atoms. The fourth-order valence-electron chi connectivity index (χ4n) is 3.61. The highest BCUT2D eigenvalue weighted by Gasteiger charge is 2.39. The highest BCUT2D eigenvalue weighted by Crippen LogP contribution is 2.32. The Bertz CT molecular complexity index is 346. The summed E-state index contributed by atoms with van der Waals surface area (Å²) in [7, 11) is 0. The van der Waals surface area contributed by atoms with Crippen molar-refractivity contribution >= 4 is 5.91 Å². The lowest BCUT2D eigenvalue weighted by atomic mass is 9.78. The van der Waals surface area contributed by atoms with Crippen molar-refractivity contribution in [3.63, 3.8) is 0 Å². The molecule has 1 amide bonds. The van der Waals surface area contributed by atoms with E-state index in [9.17, 15) is 9.90 Å². The Morgan fingerprint density at radius 1 is 1.40 bits per heavy atom. The number of nitrogens with zero attached hydrogens (tertiary/aromatic N) is 1. The van der Waals surface area contributed by atoms with Gasteiger partial charge in [0, 0.05) is 19.0 Å². The van der Waals surface area contributed by atoms with Crippen LogP contribution < -0.4 is 5.73 Å². The number of hydrogen-bond donors (Lipinski definition) is 2. The van der Waals surface area contributed by atoms with E-state index in [1.165, 1.54) is 6.42 Å². The Hall–Kier alpha value is -0.650. The zero-order chi connectivity index (χ0) is 14.8. The molecule has 1 saturated heterocycles. The molecule has 2 fully saturated rings. The van der Waals surface area contributed by atoms with Crippen molar-refractivity contribution in [3.8, 4) is 0 Å². The molecule has 0 aromatic rings. The van der Waals surface area contributed by atoms with Crippen LogP contribution in [0.1, 0.15) is 39.5 Å². The molecule has 1 heterocycles. The predicted molar refractivity (Wildman–Crippen MR) is 77.1 cm³/mol. The second-order valence-electron chi connectivity index (χ2n) is 6.79. The lowest BCUT2D eigenvalue weighted by molar-refractivity contribution is -0.171. The molecule has 1 saturated carbocycles. The molecule has 116 valence electrons. The van der Waals surface area contributed by atoms with E-state index in [0.717, 1.165) is 19.3 Å². The van der Waals surface area contributed by atoms with E-state index in [0.29, 0.717) is 25.6 Å². The van der Waals surface area contributed by atoms with Gasteiger partial charge < -0.3 is 20.5 Å². The normalized spacial score (nSPS) is 34.0. The third-order valence-corrected chi connectivity index (χ3v) is 4.53. The molecule has 3 N–H and O–H groups in total. The molecule has 0 bridgehead atoms. The molecule has 0 aromatic heterocycles. The van der Waals surface area contributed by atoms with Crippen molar-refractivity contribution in [1.82, 2.24) is 4.90 Å². The molecular formula is C15H28N2O3. The minimum Gasteiger partial charge on any atom is -0.394 e. The van der Waals surface area contributed by atoms with Crippen molar-refractivity contribution in [3.05, 3.63) is 0 Å². The zero-order valence-corrected chi connectivity index (χ0v) is 12.7. The molecule has 3 atom stereocenters. The van der Waals surface area contributed by atoms with Gasteiger partial charge in [-0.25, -0.2) is 0 Å². The van der Waals surface area contributed by atoms with Crippen LogP contribution in [0, 0.1) is 11.8 Å². The molecule has 20 heavy (non-hydrogen) atoms. The van der Waals surface area contributed by atoms with Gasteiger partial charge in [-0.2, -0.15) is 0 Å².